The van der Waals surface area contributed by atoms with Crippen molar-refractivity contribution in [3.05, 3.63) is 28.2 Å². The van der Waals surface area contributed by atoms with Crippen LogP contribution in [0.3, 0.4) is 0 Å². The molecule has 0 radical (unpaired) electrons. The van der Waals surface area contributed by atoms with E-state index in [2.05, 4.69) is 19.2 Å². The molecule has 0 unspecified atom stereocenters. The third kappa shape index (κ3) is 4.79. The van der Waals surface area contributed by atoms with Crippen molar-refractivity contribution in [3.63, 3.8) is 0 Å². The van der Waals surface area contributed by atoms with E-state index in [1.54, 1.807) is 18.2 Å². The maximum atomic E-state index is 12.0. The molecule has 21 heavy (non-hydrogen) atoms. The van der Waals surface area contributed by atoms with Gasteiger partial charge in [0.05, 0.1) is 0 Å². The molecule has 116 valence electrons. The standard InChI is InChI=1S/C16H21Cl2NO2/c1-10-4-3-5-15(11(10)2)19-16(20)9-21-14-7-12(17)6-13(18)8-14/h6-8,10-11,15H,3-5,9H2,1-2H3,(H,19,20)/t10-,11-,15+/m1/s1. The number of carbonyl (C=O) groups is 1. The Balaban J connectivity index is 1.84. The average molecular weight is 330 g/mol. The topological polar surface area (TPSA) is 38.3 Å². The summed E-state index contributed by atoms with van der Waals surface area (Å²) in [5.74, 6) is 1.56. The molecule has 1 saturated carbocycles. The predicted molar refractivity (Wildman–Crippen MR) is 86.1 cm³/mol. The van der Waals surface area contributed by atoms with Gasteiger partial charge in [-0.15, -0.1) is 0 Å². The van der Waals surface area contributed by atoms with Gasteiger partial charge in [0, 0.05) is 16.1 Å². The van der Waals surface area contributed by atoms with E-state index >= 15 is 0 Å². The summed E-state index contributed by atoms with van der Waals surface area (Å²) in [6.07, 6.45) is 3.45. The van der Waals surface area contributed by atoms with Crippen molar-refractivity contribution in [3.8, 4) is 5.75 Å². The zero-order valence-electron chi connectivity index (χ0n) is 12.4. The fourth-order valence-corrected chi connectivity index (χ4v) is 3.30. The first-order valence-corrected chi connectivity index (χ1v) is 8.09. The first-order chi connectivity index (χ1) is 9.95. The smallest absolute Gasteiger partial charge is 0.258 e. The minimum Gasteiger partial charge on any atom is -0.484 e. The summed E-state index contributed by atoms with van der Waals surface area (Å²) in [5.41, 5.74) is 0. The molecule has 5 heteroatoms. The minimum absolute atomic E-state index is 0.0196. The van der Waals surface area contributed by atoms with E-state index in [-0.39, 0.29) is 18.6 Å². The lowest BCUT2D eigenvalue weighted by Gasteiger charge is -2.34. The Bertz CT molecular complexity index is 487. The van der Waals surface area contributed by atoms with Crippen LogP contribution >= 0.6 is 23.2 Å². The molecule has 2 rings (SSSR count). The Labute approximate surface area is 136 Å². The first-order valence-electron chi connectivity index (χ1n) is 7.34. The number of amides is 1. The van der Waals surface area contributed by atoms with Crippen LogP contribution in [0.25, 0.3) is 0 Å². The maximum Gasteiger partial charge on any atom is 0.258 e. The summed E-state index contributed by atoms with van der Waals surface area (Å²) < 4.78 is 5.45. The van der Waals surface area contributed by atoms with Gasteiger partial charge < -0.3 is 10.1 Å². The van der Waals surface area contributed by atoms with Crippen LogP contribution in [0, 0.1) is 11.8 Å². The Kier molecular flexibility index (Phi) is 5.77. The highest BCUT2D eigenvalue weighted by Crippen LogP contribution is 2.29. The van der Waals surface area contributed by atoms with Crippen LogP contribution in [-0.4, -0.2) is 18.6 Å². The Morgan fingerprint density at radius 2 is 1.90 bits per heavy atom. The summed E-state index contributed by atoms with van der Waals surface area (Å²) in [4.78, 5) is 12.0. The second-order valence-corrected chi connectivity index (χ2v) is 6.71. The lowest BCUT2D eigenvalue weighted by atomic mass is 9.78. The molecule has 0 aliphatic heterocycles. The van der Waals surface area contributed by atoms with E-state index in [4.69, 9.17) is 27.9 Å². The molecule has 1 N–H and O–H groups in total. The summed E-state index contributed by atoms with van der Waals surface area (Å²) in [6.45, 7) is 4.42. The van der Waals surface area contributed by atoms with Crippen LogP contribution in [0.15, 0.2) is 18.2 Å². The molecule has 1 aromatic carbocycles. The number of hydrogen-bond acceptors (Lipinski definition) is 2. The first kappa shape index (κ1) is 16.4. The number of benzene rings is 1. The molecule has 0 saturated heterocycles. The zero-order valence-corrected chi connectivity index (χ0v) is 13.9. The van der Waals surface area contributed by atoms with Crippen molar-refractivity contribution in [2.24, 2.45) is 11.8 Å². The molecule has 0 spiro atoms. The van der Waals surface area contributed by atoms with Crippen LogP contribution in [0.2, 0.25) is 10.0 Å². The van der Waals surface area contributed by atoms with E-state index in [1.165, 1.54) is 12.8 Å². The van der Waals surface area contributed by atoms with Gasteiger partial charge in [-0.05, 0) is 36.5 Å². The van der Waals surface area contributed by atoms with Crippen LogP contribution < -0.4 is 10.1 Å². The third-order valence-electron chi connectivity index (χ3n) is 4.26. The van der Waals surface area contributed by atoms with Crippen molar-refractivity contribution < 1.29 is 9.53 Å². The van der Waals surface area contributed by atoms with Gasteiger partial charge in [0.25, 0.3) is 5.91 Å². The highest BCUT2D eigenvalue weighted by Gasteiger charge is 2.28. The summed E-state index contributed by atoms with van der Waals surface area (Å²) in [6, 6.07) is 5.16. The molecule has 0 aromatic heterocycles. The zero-order chi connectivity index (χ0) is 15.4. The number of halogens is 2. The van der Waals surface area contributed by atoms with E-state index in [0.717, 1.165) is 6.42 Å². The van der Waals surface area contributed by atoms with Gasteiger partial charge >= 0.3 is 0 Å². The number of carbonyl (C=O) groups excluding carboxylic acids is 1. The molecule has 3 nitrogen and oxygen atoms in total. The van der Waals surface area contributed by atoms with Gasteiger partial charge in [-0.3, -0.25) is 4.79 Å². The van der Waals surface area contributed by atoms with E-state index in [1.807, 2.05) is 0 Å². The molecule has 0 bridgehead atoms. The fourth-order valence-electron chi connectivity index (χ4n) is 2.79. The summed E-state index contributed by atoms with van der Waals surface area (Å²) in [7, 11) is 0. The van der Waals surface area contributed by atoms with Crippen molar-refractivity contribution in [2.75, 3.05) is 6.61 Å². The summed E-state index contributed by atoms with van der Waals surface area (Å²) in [5, 5.41) is 4.05. The maximum absolute atomic E-state index is 12.0. The van der Waals surface area contributed by atoms with Crippen LogP contribution in [0.5, 0.6) is 5.75 Å². The molecule has 1 amide bonds. The highest BCUT2D eigenvalue weighted by atomic mass is 35.5. The summed E-state index contributed by atoms with van der Waals surface area (Å²) >= 11 is 11.8. The monoisotopic (exact) mass is 329 g/mol. The molecule has 1 fully saturated rings. The van der Waals surface area contributed by atoms with Crippen LogP contribution in [0.1, 0.15) is 33.1 Å². The Morgan fingerprint density at radius 1 is 1.24 bits per heavy atom. The van der Waals surface area contributed by atoms with Crippen molar-refractivity contribution in [1.29, 1.82) is 0 Å². The molecule has 1 aliphatic carbocycles. The van der Waals surface area contributed by atoms with Gasteiger partial charge in [0.2, 0.25) is 0 Å². The lowest BCUT2D eigenvalue weighted by molar-refractivity contribution is -0.124. The molecule has 0 heterocycles. The Morgan fingerprint density at radius 3 is 2.57 bits per heavy atom. The molecule has 1 aromatic rings. The average Bonchev–Trinajstić information content (AvgIpc) is 2.41. The molecule has 1 aliphatic rings. The van der Waals surface area contributed by atoms with Crippen LogP contribution in [0.4, 0.5) is 0 Å². The minimum atomic E-state index is -0.1000. The molecule has 3 atom stereocenters. The van der Waals surface area contributed by atoms with Gasteiger partial charge in [-0.1, -0.05) is 49.9 Å². The van der Waals surface area contributed by atoms with Gasteiger partial charge in [-0.25, -0.2) is 0 Å². The van der Waals surface area contributed by atoms with Crippen molar-refractivity contribution in [1.82, 2.24) is 5.32 Å². The molecular formula is C16H21Cl2NO2. The largest absolute Gasteiger partial charge is 0.484 e. The highest BCUT2D eigenvalue weighted by molar-refractivity contribution is 6.34. The Hall–Kier alpha value is -0.930. The van der Waals surface area contributed by atoms with E-state index in [9.17, 15) is 4.79 Å². The van der Waals surface area contributed by atoms with E-state index in [0.29, 0.717) is 27.6 Å². The lowest BCUT2D eigenvalue weighted by Crippen LogP contribution is -2.45. The second-order valence-electron chi connectivity index (χ2n) is 5.84. The number of nitrogens with one attached hydrogen (secondary N) is 1. The predicted octanol–water partition coefficient (Wildman–Crippen LogP) is 4.31. The molecular weight excluding hydrogens is 309 g/mol. The fraction of sp³-hybridized carbons (Fsp3) is 0.562. The van der Waals surface area contributed by atoms with Gasteiger partial charge in [-0.2, -0.15) is 0 Å². The van der Waals surface area contributed by atoms with Gasteiger partial charge in [0.1, 0.15) is 5.75 Å². The number of ether oxygens (including phenoxy) is 1. The third-order valence-corrected chi connectivity index (χ3v) is 4.70. The second kappa shape index (κ2) is 7.37. The number of hydrogen-bond donors (Lipinski definition) is 1. The quantitative estimate of drug-likeness (QED) is 0.893. The van der Waals surface area contributed by atoms with Crippen molar-refractivity contribution in [2.45, 2.75) is 39.2 Å². The SMILES string of the molecule is C[C@@H]1[C@H](C)CCC[C@@H]1NC(=O)COc1cc(Cl)cc(Cl)c1. The number of rotatable bonds is 4. The normalized spacial score (nSPS) is 25.4. The van der Waals surface area contributed by atoms with E-state index < -0.39 is 0 Å². The van der Waals surface area contributed by atoms with Gasteiger partial charge in [0.15, 0.2) is 6.61 Å². The van der Waals surface area contributed by atoms with Crippen molar-refractivity contribution >= 4 is 29.1 Å². The van der Waals surface area contributed by atoms with Crippen LogP contribution in [-0.2, 0) is 4.79 Å².